The molecule has 0 aliphatic carbocycles. The third kappa shape index (κ3) is 6.40. The highest BCUT2D eigenvalue weighted by Gasteiger charge is 2.31. The average Bonchev–Trinajstić information content (AvgIpc) is 2.77. The molecular weight excluding hydrogens is 348 g/mol. The summed E-state index contributed by atoms with van der Waals surface area (Å²) in [6, 6.07) is 10.4. The van der Waals surface area contributed by atoms with E-state index in [0.717, 1.165) is 38.9 Å². The molecule has 146 valence electrons. The zero-order valence-corrected chi connectivity index (χ0v) is 17.0. The van der Waals surface area contributed by atoms with Gasteiger partial charge in [0, 0.05) is 19.6 Å². The van der Waals surface area contributed by atoms with Crippen LogP contribution in [0.1, 0.15) is 45.6 Å². The number of amides is 1. The van der Waals surface area contributed by atoms with Gasteiger partial charge < -0.3 is 5.32 Å². The fourth-order valence-corrected chi connectivity index (χ4v) is 4.05. The molecule has 1 atom stereocenters. The van der Waals surface area contributed by atoms with Crippen molar-refractivity contribution < 1.29 is 13.2 Å². The Hall–Kier alpha value is -1.40. The second-order valence-electron chi connectivity index (χ2n) is 8.26. The maximum Gasteiger partial charge on any atom is 0.235 e. The molecule has 1 aliphatic heterocycles. The zero-order chi connectivity index (χ0) is 19.2. The van der Waals surface area contributed by atoms with Crippen LogP contribution in [0.25, 0.3) is 0 Å². The fourth-order valence-electron chi connectivity index (χ4n) is 3.17. The van der Waals surface area contributed by atoms with Crippen molar-refractivity contribution in [2.45, 2.75) is 51.3 Å². The van der Waals surface area contributed by atoms with Gasteiger partial charge in [-0.3, -0.25) is 9.69 Å². The third-order valence-corrected chi connectivity index (χ3v) is 7.45. The Balaban J connectivity index is 1.85. The second kappa shape index (κ2) is 9.00. The van der Waals surface area contributed by atoms with E-state index in [-0.39, 0.29) is 0 Å². The number of carbonyl (C=O) groups excluding carboxylic acids is 1. The number of nitrogens with one attached hydrogen (secondary N) is 1. The minimum absolute atomic E-state index is 0.363. The van der Waals surface area contributed by atoms with E-state index in [2.05, 4.69) is 34.5 Å². The summed E-state index contributed by atoms with van der Waals surface area (Å²) in [5, 5.41) is 2.85. The van der Waals surface area contributed by atoms with Gasteiger partial charge in [0.05, 0.1) is 4.75 Å². The summed E-state index contributed by atoms with van der Waals surface area (Å²) in [7, 11) is -3.43. The number of likely N-dealkylation sites (tertiary alicyclic amines) is 1. The highest BCUT2D eigenvalue weighted by molar-refractivity contribution is 7.93. The fraction of sp³-hybridized carbons (Fsp3) is 0.650. The molecule has 1 unspecified atom stereocenters. The lowest BCUT2D eigenvalue weighted by atomic mass is 10.0. The van der Waals surface area contributed by atoms with Gasteiger partial charge in [-0.25, -0.2) is 8.42 Å². The van der Waals surface area contributed by atoms with Crippen molar-refractivity contribution in [3.05, 3.63) is 35.9 Å². The summed E-state index contributed by atoms with van der Waals surface area (Å²) in [6.07, 6.45) is 3.37. The standard InChI is InChI=1S/C20H32N2O3S/c1-20(2,3)26(24,25)16-19(23)21-13-18-11-7-8-12-22(15-18)14-17-9-5-4-6-10-17/h4-6,9-10,18H,7-8,11-16H2,1-3H3,(H,21,23). The molecule has 0 spiro atoms. The summed E-state index contributed by atoms with van der Waals surface area (Å²) in [5.74, 6) is -0.460. The van der Waals surface area contributed by atoms with Crippen molar-refractivity contribution in [3.63, 3.8) is 0 Å². The topological polar surface area (TPSA) is 66.5 Å². The average molecular weight is 381 g/mol. The second-order valence-corrected chi connectivity index (χ2v) is 11.0. The Kier molecular flexibility index (Phi) is 7.24. The smallest absolute Gasteiger partial charge is 0.235 e. The van der Waals surface area contributed by atoms with Crippen LogP contribution >= 0.6 is 0 Å². The van der Waals surface area contributed by atoms with Crippen LogP contribution in [0.2, 0.25) is 0 Å². The van der Waals surface area contributed by atoms with Crippen LogP contribution in [0.4, 0.5) is 0 Å². The van der Waals surface area contributed by atoms with E-state index in [1.165, 1.54) is 5.56 Å². The number of sulfone groups is 1. The van der Waals surface area contributed by atoms with Crippen LogP contribution < -0.4 is 5.32 Å². The monoisotopic (exact) mass is 380 g/mol. The van der Waals surface area contributed by atoms with E-state index in [0.29, 0.717) is 12.5 Å². The maximum atomic E-state index is 12.2. The molecule has 26 heavy (non-hydrogen) atoms. The van der Waals surface area contributed by atoms with Gasteiger partial charge in [-0.2, -0.15) is 0 Å². The highest BCUT2D eigenvalue weighted by Crippen LogP contribution is 2.19. The lowest BCUT2D eigenvalue weighted by molar-refractivity contribution is -0.118. The first-order chi connectivity index (χ1) is 12.2. The largest absolute Gasteiger partial charge is 0.355 e. The van der Waals surface area contributed by atoms with Gasteiger partial charge in [0.15, 0.2) is 9.84 Å². The molecule has 1 amide bonds. The van der Waals surface area contributed by atoms with E-state index in [1.54, 1.807) is 20.8 Å². The number of nitrogens with zero attached hydrogens (tertiary/aromatic N) is 1. The van der Waals surface area contributed by atoms with E-state index >= 15 is 0 Å². The van der Waals surface area contributed by atoms with Crippen molar-refractivity contribution >= 4 is 15.7 Å². The molecule has 2 rings (SSSR count). The number of carbonyl (C=O) groups is 1. The Morgan fingerprint density at radius 2 is 1.88 bits per heavy atom. The van der Waals surface area contributed by atoms with Crippen molar-refractivity contribution in [1.29, 1.82) is 0 Å². The van der Waals surface area contributed by atoms with Crippen LogP contribution in [0.15, 0.2) is 30.3 Å². The molecule has 0 radical (unpaired) electrons. The van der Waals surface area contributed by atoms with E-state index in [1.807, 2.05) is 6.07 Å². The molecule has 1 aliphatic rings. The van der Waals surface area contributed by atoms with Gasteiger partial charge in [0.25, 0.3) is 0 Å². The molecule has 5 nitrogen and oxygen atoms in total. The zero-order valence-electron chi connectivity index (χ0n) is 16.2. The Bertz CT molecular complexity index is 681. The Morgan fingerprint density at radius 3 is 2.54 bits per heavy atom. The number of hydrogen-bond acceptors (Lipinski definition) is 4. The van der Waals surface area contributed by atoms with Crippen LogP contribution in [-0.2, 0) is 21.2 Å². The molecule has 0 bridgehead atoms. The molecule has 1 N–H and O–H groups in total. The van der Waals surface area contributed by atoms with Crippen LogP contribution in [0, 0.1) is 5.92 Å². The molecule has 1 aromatic rings. The van der Waals surface area contributed by atoms with Crippen LogP contribution in [-0.4, -0.2) is 49.4 Å². The number of hydrogen-bond donors (Lipinski definition) is 1. The lowest BCUT2D eigenvalue weighted by Gasteiger charge is -2.25. The molecule has 0 aromatic heterocycles. The SMILES string of the molecule is CC(C)(C)S(=O)(=O)CC(=O)NCC1CCCCN(Cc2ccccc2)C1. The Morgan fingerprint density at radius 1 is 1.19 bits per heavy atom. The predicted molar refractivity (Wildman–Crippen MR) is 106 cm³/mol. The van der Waals surface area contributed by atoms with Crippen molar-refractivity contribution in [2.75, 3.05) is 25.4 Å². The normalized spacial score (nSPS) is 19.7. The van der Waals surface area contributed by atoms with Gasteiger partial charge >= 0.3 is 0 Å². The summed E-state index contributed by atoms with van der Waals surface area (Å²) in [5.41, 5.74) is 1.30. The first-order valence-electron chi connectivity index (χ1n) is 9.43. The molecule has 0 saturated carbocycles. The third-order valence-electron chi connectivity index (χ3n) is 4.94. The molecule has 6 heteroatoms. The molecular formula is C20H32N2O3S. The molecule has 1 aromatic carbocycles. The predicted octanol–water partition coefficient (Wildman–Crippen LogP) is 2.62. The van der Waals surface area contributed by atoms with Gasteiger partial charge in [0.1, 0.15) is 5.75 Å². The quantitative estimate of drug-likeness (QED) is 0.824. The van der Waals surface area contributed by atoms with Crippen LogP contribution in [0.3, 0.4) is 0 Å². The lowest BCUT2D eigenvalue weighted by Crippen LogP contribution is -2.41. The van der Waals surface area contributed by atoms with Crippen molar-refractivity contribution in [1.82, 2.24) is 10.2 Å². The van der Waals surface area contributed by atoms with Crippen molar-refractivity contribution in [3.8, 4) is 0 Å². The summed E-state index contributed by atoms with van der Waals surface area (Å²) in [6.45, 7) is 8.35. The minimum Gasteiger partial charge on any atom is -0.355 e. The Labute approximate surface area is 158 Å². The summed E-state index contributed by atoms with van der Waals surface area (Å²) < 4.78 is 23.4. The van der Waals surface area contributed by atoms with Gasteiger partial charge in [-0.05, 0) is 51.6 Å². The maximum absolute atomic E-state index is 12.2. The number of benzene rings is 1. The summed E-state index contributed by atoms with van der Waals surface area (Å²) in [4.78, 5) is 14.5. The first-order valence-corrected chi connectivity index (χ1v) is 11.1. The van der Waals surface area contributed by atoms with E-state index < -0.39 is 26.2 Å². The minimum atomic E-state index is -3.43. The van der Waals surface area contributed by atoms with Crippen molar-refractivity contribution in [2.24, 2.45) is 5.92 Å². The van der Waals surface area contributed by atoms with E-state index in [9.17, 15) is 13.2 Å². The first kappa shape index (κ1) is 20.9. The molecule has 1 saturated heterocycles. The summed E-state index contributed by atoms with van der Waals surface area (Å²) >= 11 is 0. The molecule has 1 fully saturated rings. The molecule has 1 heterocycles. The number of rotatable bonds is 6. The van der Waals surface area contributed by atoms with Crippen LogP contribution in [0.5, 0.6) is 0 Å². The van der Waals surface area contributed by atoms with E-state index in [4.69, 9.17) is 0 Å². The highest BCUT2D eigenvalue weighted by atomic mass is 32.2. The van der Waals surface area contributed by atoms with Gasteiger partial charge in [-0.15, -0.1) is 0 Å². The van der Waals surface area contributed by atoms with Gasteiger partial charge in [-0.1, -0.05) is 36.8 Å². The van der Waals surface area contributed by atoms with Gasteiger partial charge in [0.2, 0.25) is 5.91 Å².